The van der Waals surface area contributed by atoms with Crippen LogP contribution < -0.4 is 10.6 Å². The Morgan fingerprint density at radius 3 is 2.06 bits per heavy atom. The standard InChI is InChI=1S/C19H32N4O4.C7H7FO/c1-11(20-6)16(25)21-15(19(3,4)5)18(27)23-10-8-13-14(23)7-9-22(13)17(26)12(2)24;8-7-3-1-6(5-9)2-4-7/h11,13-15,20H,7-10H2,1-6H3,(H,21,25);1-4,9H,5H2/t11-,13?,14?,15?;/m0./s1. The van der Waals surface area contributed by atoms with Crippen molar-refractivity contribution >= 4 is 23.5 Å². The number of ketones is 1. The first-order chi connectivity index (χ1) is 16.8. The van der Waals surface area contributed by atoms with E-state index in [9.17, 15) is 23.6 Å². The van der Waals surface area contributed by atoms with E-state index in [0.717, 1.165) is 5.56 Å². The first kappa shape index (κ1) is 29.4. The summed E-state index contributed by atoms with van der Waals surface area (Å²) >= 11 is 0. The van der Waals surface area contributed by atoms with Crippen LogP contribution in [0.4, 0.5) is 4.39 Å². The number of amides is 3. The monoisotopic (exact) mass is 506 g/mol. The molecule has 10 heteroatoms. The Bertz CT molecular complexity index is 947. The largest absolute Gasteiger partial charge is 0.392 e. The van der Waals surface area contributed by atoms with Crippen molar-refractivity contribution in [2.45, 2.75) is 78.2 Å². The number of Topliss-reactive ketones (excluding diaryl/α,β-unsaturated/α-hetero) is 1. The molecule has 0 bridgehead atoms. The summed E-state index contributed by atoms with van der Waals surface area (Å²) < 4.78 is 12.1. The maximum atomic E-state index is 13.3. The van der Waals surface area contributed by atoms with Crippen molar-refractivity contribution < 1.29 is 28.7 Å². The van der Waals surface area contributed by atoms with Gasteiger partial charge in [-0.05, 0) is 49.9 Å². The molecule has 4 atom stereocenters. The number of aliphatic hydroxyl groups excluding tert-OH is 1. The summed E-state index contributed by atoms with van der Waals surface area (Å²) in [6, 6.07) is 4.49. The molecule has 2 saturated heterocycles. The fraction of sp³-hybridized carbons (Fsp3) is 0.615. The number of nitrogens with zero attached hydrogens (tertiary/aromatic N) is 2. The van der Waals surface area contributed by atoms with Crippen LogP contribution in [0.1, 0.15) is 53.0 Å². The summed E-state index contributed by atoms with van der Waals surface area (Å²) in [6.07, 6.45) is 1.32. The number of hydrogen-bond donors (Lipinski definition) is 3. The molecule has 1 aromatic rings. The molecule has 0 radical (unpaired) electrons. The molecular weight excluding hydrogens is 467 g/mol. The van der Waals surface area contributed by atoms with Crippen LogP contribution in [0.2, 0.25) is 0 Å². The van der Waals surface area contributed by atoms with Crippen molar-refractivity contribution in [3.8, 4) is 0 Å². The molecule has 3 unspecified atom stereocenters. The van der Waals surface area contributed by atoms with Gasteiger partial charge in [-0.25, -0.2) is 4.39 Å². The molecule has 200 valence electrons. The van der Waals surface area contributed by atoms with Gasteiger partial charge in [-0.15, -0.1) is 0 Å². The molecule has 2 heterocycles. The predicted octanol–water partition coefficient (Wildman–Crippen LogP) is 1.23. The quantitative estimate of drug-likeness (QED) is 0.500. The highest BCUT2D eigenvalue weighted by Crippen LogP contribution is 2.34. The molecule has 3 amide bonds. The van der Waals surface area contributed by atoms with E-state index in [1.807, 2.05) is 20.8 Å². The molecule has 36 heavy (non-hydrogen) atoms. The zero-order valence-electron chi connectivity index (χ0n) is 22.0. The average Bonchev–Trinajstić information content (AvgIpc) is 3.43. The van der Waals surface area contributed by atoms with Crippen LogP contribution in [0.15, 0.2) is 24.3 Å². The lowest BCUT2D eigenvalue weighted by Gasteiger charge is -2.36. The predicted molar refractivity (Wildman–Crippen MR) is 133 cm³/mol. The number of benzene rings is 1. The smallest absolute Gasteiger partial charge is 0.289 e. The number of rotatable bonds is 6. The number of aliphatic hydroxyl groups is 1. The van der Waals surface area contributed by atoms with E-state index in [-0.39, 0.29) is 36.3 Å². The van der Waals surface area contributed by atoms with E-state index >= 15 is 0 Å². The van der Waals surface area contributed by atoms with E-state index in [4.69, 9.17) is 5.11 Å². The van der Waals surface area contributed by atoms with Gasteiger partial charge in [0.2, 0.25) is 17.6 Å². The van der Waals surface area contributed by atoms with Gasteiger partial charge in [0.25, 0.3) is 5.91 Å². The molecule has 9 nitrogen and oxygen atoms in total. The fourth-order valence-corrected chi connectivity index (χ4v) is 4.52. The number of nitrogens with one attached hydrogen (secondary N) is 2. The highest BCUT2D eigenvalue weighted by atomic mass is 19.1. The van der Waals surface area contributed by atoms with Crippen molar-refractivity contribution in [1.82, 2.24) is 20.4 Å². The Labute approximate surface area is 212 Å². The van der Waals surface area contributed by atoms with Crippen molar-refractivity contribution in [3.63, 3.8) is 0 Å². The summed E-state index contributed by atoms with van der Waals surface area (Å²) in [4.78, 5) is 52.6. The molecule has 1 aromatic carbocycles. The molecule has 0 saturated carbocycles. The topological polar surface area (TPSA) is 119 Å². The van der Waals surface area contributed by atoms with Gasteiger partial charge >= 0.3 is 0 Å². The minimum atomic E-state index is -0.655. The normalized spacial score (nSPS) is 20.7. The molecular formula is C26H39FN4O5. The van der Waals surface area contributed by atoms with Crippen LogP contribution in [0.3, 0.4) is 0 Å². The van der Waals surface area contributed by atoms with Gasteiger partial charge in [0.1, 0.15) is 11.9 Å². The van der Waals surface area contributed by atoms with Crippen LogP contribution in [0.25, 0.3) is 0 Å². The second-order valence-corrected chi connectivity index (χ2v) is 10.4. The summed E-state index contributed by atoms with van der Waals surface area (Å²) in [6.45, 7) is 9.78. The van der Waals surface area contributed by atoms with E-state index in [1.54, 1.807) is 35.9 Å². The lowest BCUT2D eigenvalue weighted by Crippen LogP contribution is -2.58. The second-order valence-electron chi connectivity index (χ2n) is 10.4. The maximum absolute atomic E-state index is 13.3. The van der Waals surface area contributed by atoms with Crippen molar-refractivity contribution in [3.05, 3.63) is 35.6 Å². The summed E-state index contributed by atoms with van der Waals surface area (Å²) in [5.41, 5.74) is 0.280. The molecule has 0 spiro atoms. The molecule has 2 aliphatic heterocycles. The van der Waals surface area contributed by atoms with Gasteiger partial charge < -0.3 is 25.5 Å². The minimum Gasteiger partial charge on any atom is -0.392 e. The number of carbonyl (C=O) groups is 4. The Balaban J connectivity index is 0.000000425. The van der Waals surface area contributed by atoms with Crippen molar-refractivity contribution in [2.75, 3.05) is 20.1 Å². The lowest BCUT2D eigenvalue weighted by molar-refractivity contribution is -0.144. The van der Waals surface area contributed by atoms with E-state index < -0.39 is 29.2 Å². The molecule has 0 aliphatic carbocycles. The summed E-state index contributed by atoms with van der Waals surface area (Å²) in [7, 11) is 1.70. The van der Waals surface area contributed by atoms with Crippen LogP contribution in [-0.2, 0) is 25.8 Å². The van der Waals surface area contributed by atoms with Crippen LogP contribution in [-0.4, -0.2) is 82.7 Å². The summed E-state index contributed by atoms with van der Waals surface area (Å²) in [5, 5.41) is 14.3. The molecule has 0 aromatic heterocycles. The number of hydrogen-bond acceptors (Lipinski definition) is 6. The van der Waals surface area contributed by atoms with Crippen molar-refractivity contribution in [1.29, 1.82) is 0 Å². The first-order valence-corrected chi connectivity index (χ1v) is 12.3. The minimum absolute atomic E-state index is 0.0275. The van der Waals surface area contributed by atoms with E-state index in [2.05, 4.69) is 10.6 Å². The Morgan fingerprint density at radius 1 is 1.06 bits per heavy atom. The Morgan fingerprint density at radius 2 is 1.58 bits per heavy atom. The lowest BCUT2D eigenvalue weighted by atomic mass is 9.85. The Hall–Kier alpha value is -2.85. The molecule has 2 fully saturated rings. The molecule has 2 aliphatic rings. The van der Waals surface area contributed by atoms with Gasteiger partial charge in [0.05, 0.1) is 24.7 Å². The number of carbonyl (C=O) groups excluding carboxylic acids is 4. The third kappa shape index (κ3) is 7.10. The third-order valence-corrected chi connectivity index (χ3v) is 6.74. The third-order valence-electron chi connectivity index (χ3n) is 6.74. The highest BCUT2D eigenvalue weighted by molar-refractivity contribution is 6.35. The number of likely N-dealkylation sites (tertiary alicyclic amines) is 2. The van der Waals surface area contributed by atoms with Gasteiger partial charge in [-0.1, -0.05) is 32.9 Å². The first-order valence-electron chi connectivity index (χ1n) is 12.3. The van der Waals surface area contributed by atoms with Crippen LogP contribution in [0.5, 0.6) is 0 Å². The fourth-order valence-electron chi connectivity index (χ4n) is 4.52. The van der Waals surface area contributed by atoms with E-state index in [0.29, 0.717) is 25.9 Å². The van der Waals surface area contributed by atoms with Gasteiger partial charge in [-0.3, -0.25) is 19.2 Å². The van der Waals surface area contributed by atoms with E-state index in [1.165, 1.54) is 19.1 Å². The zero-order chi connectivity index (χ0) is 27.2. The summed E-state index contributed by atoms with van der Waals surface area (Å²) in [5.74, 6) is -1.56. The molecule has 3 rings (SSSR count). The molecule has 3 N–H and O–H groups in total. The second kappa shape index (κ2) is 12.4. The van der Waals surface area contributed by atoms with Gasteiger partial charge in [0.15, 0.2) is 0 Å². The zero-order valence-corrected chi connectivity index (χ0v) is 22.0. The average molecular weight is 507 g/mol. The Kier molecular flexibility index (Phi) is 10.1. The van der Waals surface area contributed by atoms with Crippen LogP contribution in [0, 0.1) is 11.2 Å². The van der Waals surface area contributed by atoms with Gasteiger partial charge in [-0.2, -0.15) is 0 Å². The van der Waals surface area contributed by atoms with Gasteiger partial charge in [0, 0.05) is 20.0 Å². The number of halogens is 1. The van der Waals surface area contributed by atoms with Crippen molar-refractivity contribution in [2.24, 2.45) is 5.41 Å². The van der Waals surface area contributed by atoms with Crippen LogP contribution >= 0.6 is 0 Å². The number of fused-ring (bicyclic) bond motifs is 1. The number of likely N-dealkylation sites (N-methyl/N-ethyl adjacent to an activating group) is 1. The SMILES string of the molecule is CN[C@@H](C)C(=O)NC(C(=O)N1CCC2C1CCN2C(=O)C(C)=O)C(C)(C)C.OCc1ccc(F)cc1. The highest BCUT2D eigenvalue weighted by Gasteiger charge is 2.49. The maximum Gasteiger partial charge on any atom is 0.289 e.